The highest BCUT2D eigenvalue weighted by molar-refractivity contribution is 5.53. The van der Waals surface area contributed by atoms with Crippen molar-refractivity contribution in [2.75, 3.05) is 35.7 Å². The minimum absolute atomic E-state index is 0.322. The summed E-state index contributed by atoms with van der Waals surface area (Å²) in [6.45, 7) is 1.70. The highest BCUT2D eigenvalue weighted by Crippen LogP contribution is 2.25. The summed E-state index contributed by atoms with van der Waals surface area (Å²) in [5.74, 6) is 2.38. The van der Waals surface area contributed by atoms with Crippen LogP contribution >= 0.6 is 0 Å². The second-order valence-electron chi connectivity index (χ2n) is 5.39. The van der Waals surface area contributed by atoms with Crippen LogP contribution in [0.25, 0.3) is 0 Å². The van der Waals surface area contributed by atoms with Crippen LogP contribution < -0.4 is 15.5 Å². The van der Waals surface area contributed by atoms with E-state index >= 15 is 0 Å². The van der Waals surface area contributed by atoms with E-state index in [1.807, 2.05) is 13.1 Å². The molecule has 0 aromatic carbocycles. The molecule has 23 heavy (non-hydrogen) atoms. The van der Waals surface area contributed by atoms with Gasteiger partial charge in [-0.25, -0.2) is 15.0 Å². The minimum atomic E-state index is 0.322. The van der Waals surface area contributed by atoms with Crippen molar-refractivity contribution >= 4 is 17.5 Å². The van der Waals surface area contributed by atoms with Crippen LogP contribution in [0.4, 0.5) is 17.5 Å². The van der Waals surface area contributed by atoms with Crippen LogP contribution in [0.15, 0.2) is 30.7 Å². The summed E-state index contributed by atoms with van der Waals surface area (Å²) in [4.78, 5) is 15.1. The molecule has 1 aliphatic rings. The summed E-state index contributed by atoms with van der Waals surface area (Å²) in [6, 6.07) is 7.98. The third-order valence-corrected chi connectivity index (χ3v) is 4.01. The molecule has 1 saturated heterocycles. The molecule has 3 heterocycles. The molecule has 1 aliphatic heterocycles. The van der Waals surface area contributed by atoms with Crippen LogP contribution in [-0.4, -0.2) is 41.1 Å². The molecular formula is C16H19N7. The number of hydrogen-bond acceptors (Lipinski definition) is 7. The Balaban J connectivity index is 1.71. The number of hydrogen-bond donors (Lipinski definition) is 2. The Hall–Kier alpha value is -2.88. The van der Waals surface area contributed by atoms with Crippen molar-refractivity contribution < 1.29 is 0 Å². The summed E-state index contributed by atoms with van der Waals surface area (Å²) >= 11 is 0. The topological polar surface area (TPSA) is 89.8 Å². The first-order valence-corrected chi connectivity index (χ1v) is 7.67. The average Bonchev–Trinajstić information content (AvgIpc) is 3.08. The highest BCUT2D eigenvalue weighted by Gasteiger charge is 2.26. The van der Waals surface area contributed by atoms with E-state index in [1.165, 1.54) is 0 Å². The molecule has 7 nitrogen and oxygen atoms in total. The number of nitrogens with zero attached hydrogens (tertiary/aromatic N) is 5. The standard InChI is InChI=1S/C16H19N7/c1-18-14-8-15(22-11-21-14)23-7-3-5-13(23)10-20-16-12(9-17)4-2-6-19-16/h2,4,6,8,11,13H,3,5,7,10H2,1H3,(H,19,20)(H,18,21,22). The zero-order chi connectivity index (χ0) is 16.1. The van der Waals surface area contributed by atoms with Crippen molar-refractivity contribution in [3.8, 4) is 6.07 Å². The molecule has 1 fully saturated rings. The van der Waals surface area contributed by atoms with Gasteiger partial charge >= 0.3 is 0 Å². The molecule has 2 N–H and O–H groups in total. The number of nitrogens with one attached hydrogen (secondary N) is 2. The minimum Gasteiger partial charge on any atom is -0.373 e. The van der Waals surface area contributed by atoms with Crippen LogP contribution in [0, 0.1) is 11.3 Å². The predicted octanol–water partition coefficient (Wildman–Crippen LogP) is 1.87. The first-order valence-electron chi connectivity index (χ1n) is 7.67. The smallest absolute Gasteiger partial charge is 0.143 e. The molecule has 1 atom stereocenters. The maximum atomic E-state index is 9.13. The monoisotopic (exact) mass is 309 g/mol. The molecule has 118 valence electrons. The van der Waals surface area contributed by atoms with Gasteiger partial charge in [-0.3, -0.25) is 0 Å². The average molecular weight is 309 g/mol. The van der Waals surface area contributed by atoms with Gasteiger partial charge in [0.15, 0.2) is 0 Å². The van der Waals surface area contributed by atoms with Gasteiger partial charge in [0.05, 0.1) is 5.56 Å². The maximum absolute atomic E-state index is 9.13. The first-order chi connectivity index (χ1) is 11.3. The SMILES string of the molecule is CNc1cc(N2CCCC2CNc2ncccc2C#N)ncn1. The molecule has 0 aliphatic carbocycles. The lowest BCUT2D eigenvalue weighted by atomic mass is 10.2. The molecule has 0 radical (unpaired) electrons. The fraction of sp³-hybridized carbons (Fsp3) is 0.375. The van der Waals surface area contributed by atoms with Crippen LogP contribution in [-0.2, 0) is 0 Å². The summed E-state index contributed by atoms with van der Waals surface area (Å²) in [5.41, 5.74) is 0.566. The lowest BCUT2D eigenvalue weighted by Crippen LogP contribution is -2.35. The Labute approximate surface area is 135 Å². The van der Waals surface area contributed by atoms with Gasteiger partial charge in [-0.2, -0.15) is 5.26 Å². The zero-order valence-electron chi connectivity index (χ0n) is 13.0. The molecule has 0 bridgehead atoms. The van der Waals surface area contributed by atoms with E-state index in [1.54, 1.807) is 24.7 Å². The van der Waals surface area contributed by atoms with Gasteiger partial charge in [-0.1, -0.05) is 0 Å². The molecule has 2 aromatic heterocycles. The van der Waals surface area contributed by atoms with E-state index in [2.05, 4.69) is 36.6 Å². The number of anilines is 3. The summed E-state index contributed by atoms with van der Waals surface area (Å²) < 4.78 is 0. The summed E-state index contributed by atoms with van der Waals surface area (Å²) in [7, 11) is 1.85. The highest BCUT2D eigenvalue weighted by atomic mass is 15.3. The second-order valence-corrected chi connectivity index (χ2v) is 5.39. The van der Waals surface area contributed by atoms with E-state index in [0.29, 0.717) is 17.4 Å². The number of pyridine rings is 1. The fourth-order valence-corrected chi connectivity index (χ4v) is 2.84. The van der Waals surface area contributed by atoms with Crippen molar-refractivity contribution in [3.05, 3.63) is 36.3 Å². The van der Waals surface area contributed by atoms with Crippen molar-refractivity contribution in [1.29, 1.82) is 5.26 Å². The molecule has 7 heteroatoms. The predicted molar refractivity (Wildman–Crippen MR) is 89.4 cm³/mol. The van der Waals surface area contributed by atoms with Crippen molar-refractivity contribution in [3.63, 3.8) is 0 Å². The summed E-state index contributed by atoms with van der Waals surface area (Å²) in [5, 5.41) is 15.5. The van der Waals surface area contributed by atoms with Gasteiger partial charge in [0.2, 0.25) is 0 Å². The molecule has 3 rings (SSSR count). The number of aromatic nitrogens is 3. The van der Waals surface area contributed by atoms with E-state index < -0.39 is 0 Å². The van der Waals surface area contributed by atoms with Crippen molar-refractivity contribution in [2.45, 2.75) is 18.9 Å². The van der Waals surface area contributed by atoms with Gasteiger partial charge in [-0.15, -0.1) is 0 Å². The van der Waals surface area contributed by atoms with E-state index in [9.17, 15) is 0 Å². The molecule has 2 aromatic rings. The first kappa shape index (κ1) is 15.0. The third-order valence-electron chi connectivity index (χ3n) is 4.01. The second kappa shape index (κ2) is 6.92. The maximum Gasteiger partial charge on any atom is 0.143 e. The lowest BCUT2D eigenvalue weighted by molar-refractivity contribution is 0.689. The van der Waals surface area contributed by atoms with E-state index in [0.717, 1.165) is 37.6 Å². The number of rotatable bonds is 5. The quantitative estimate of drug-likeness (QED) is 0.871. The van der Waals surface area contributed by atoms with Crippen LogP contribution in [0.3, 0.4) is 0 Å². The Morgan fingerprint density at radius 3 is 3.13 bits per heavy atom. The number of nitriles is 1. The fourth-order valence-electron chi connectivity index (χ4n) is 2.84. The van der Waals surface area contributed by atoms with Crippen molar-refractivity contribution in [1.82, 2.24) is 15.0 Å². The molecular weight excluding hydrogens is 290 g/mol. The lowest BCUT2D eigenvalue weighted by Gasteiger charge is -2.26. The zero-order valence-corrected chi connectivity index (χ0v) is 13.0. The van der Waals surface area contributed by atoms with E-state index in [-0.39, 0.29) is 0 Å². The third kappa shape index (κ3) is 3.31. The Morgan fingerprint density at radius 2 is 2.30 bits per heavy atom. The van der Waals surface area contributed by atoms with Crippen LogP contribution in [0.1, 0.15) is 18.4 Å². The molecule has 0 spiro atoms. The van der Waals surface area contributed by atoms with Gasteiger partial charge in [-0.05, 0) is 25.0 Å². The normalized spacial score (nSPS) is 16.9. The summed E-state index contributed by atoms with van der Waals surface area (Å²) in [6.07, 6.45) is 5.48. The molecule has 0 saturated carbocycles. The van der Waals surface area contributed by atoms with Crippen LogP contribution in [0.2, 0.25) is 0 Å². The molecule has 0 amide bonds. The van der Waals surface area contributed by atoms with Gasteiger partial charge in [0.1, 0.15) is 29.9 Å². The Kier molecular flexibility index (Phi) is 4.52. The van der Waals surface area contributed by atoms with Crippen molar-refractivity contribution in [2.24, 2.45) is 0 Å². The van der Waals surface area contributed by atoms with Gasteiger partial charge < -0.3 is 15.5 Å². The van der Waals surface area contributed by atoms with Crippen LogP contribution in [0.5, 0.6) is 0 Å². The Bertz CT molecular complexity index is 710. The molecule has 1 unspecified atom stereocenters. The van der Waals surface area contributed by atoms with Gasteiger partial charge in [0, 0.05) is 38.4 Å². The Morgan fingerprint density at radius 1 is 1.39 bits per heavy atom. The van der Waals surface area contributed by atoms with Gasteiger partial charge in [0.25, 0.3) is 0 Å². The largest absolute Gasteiger partial charge is 0.373 e. The van der Waals surface area contributed by atoms with E-state index in [4.69, 9.17) is 5.26 Å².